The van der Waals surface area contributed by atoms with Gasteiger partial charge in [-0.1, -0.05) is 24.3 Å². The van der Waals surface area contributed by atoms with Gasteiger partial charge in [-0.3, -0.25) is 0 Å². The van der Waals surface area contributed by atoms with Crippen LogP contribution in [0.2, 0.25) is 0 Å². The molecule has 2 aromatic carbocycles. The normalized spacial score (nSPS) is 11.9. The number of phenolic OH excluding ortho intramolecular Hbond substituents is 1. The first-order valence-electron chi connectivity index (χ1n) is 6.49. The topological polar surface area (TPSA) is 64.7 Å². The fourth-order valence-corrected chi connectivity index (χ4v) is 1.98. The zero-order valence-electron chi connectivity index (χ0n) is 11.5. The molecule has 0 spiro atoms. The molecule has 106 valence electrons. The molecule has 0 aliphatic heterocycles. The van der Waals surface area contributed by atoms with Crippen molar-refractivity contribution in [3.05, 3.63) is 54.1 Å². The van der Waals surface area contributed by atoms with Crippen LogP contribution in [-0.4, -0.2) is 25.4 Å². The third-order valence-electron chi connectivity index (χ3n) is 3.16. The molecule has 0 aromatic heterocycles. The molecule has 3 N–H and O–H groups in total. The maximum absolute atomic E-state index is 9.31. The van der Waals surface area contributed by atoms with E-state index in [1.807, 2.05) is 36.4 Å². The third-order valence-corrected chi connectivity index (χ3v) is 3.16. The summed E-state index contributed by atoms with van der Waals surface area (Å²) in [5.41, 5.74) is 6.85. The highest BCUT2D eigenvalue weighted by atomic mass is 16.5. The lowest BCUT2D eigenvalue weighted by molar-refractivity contribution is 0.273. The van der Waals surface area contributed by atoms with E-state index in [1.54, 1.807) is 19.2 Å². The Kier molecular flexibility index (Phi) is 4.85. The molecule has 0 radical (unpaired) electrons. The van der Waals surface area contributed by atoms with Gasteiger partial charge in [-0.2, -0.15) is 0 Å². The van der Waals surface area contributed by atoms with Crippen LogP contribution in [0.5, 0.6) is 17.2 Å². The Bertz CT molecular complexity index is 540. The third kappa shape index (κ3) is 3.42. The minimum atomic E-state index is 0.0699. The van der Waals surface area contributed by atoms with Gasteiger partial charge in [-0.05, 0) is 29.8 Å². The van der Waals surface area contributed by atoms with E-state index in [0.29, 0.717) is 24.7 Å². The quantitative estimate of drug-likeness (QED) is 0.849. The van der Waals surface area contributed by atoms with Gasteiger partial charge in [0.05, 0.1) is 13.7 Å². The minimum absolute atomic E-state index is 0.0699. The average Bonchev–Trinajstić information content (AvgIpc) is 2.50. The van der Waals surface area contributed by atoms with E-state index in [0.717, 1.165) is 5.56 Å². The summed E-state index contributed by atoms with van der Waals surface area (Å²) in [5, 5.41) is 9.31. The lowest BCUT2D eigenvalue weighted by Crippen LogP contribution is -2.19. The van der Waals surface area contributed by atoms with Gasteiger partial charge in [-0.25, -0.2) is 0 Å². The standard InChI is InChI=1S/C16H19NO3/c1-19-15-4-2-3-5-16(15)20-11-13(10-17)12-6-8-14(18)9-7-12/h2-9,13,18H,10-11,17H2,1H3. The number of rotatable bonds is 6. The Hall–Kier alpha value is -2.20. The highest BCUT2D eigenvalue weighted by Crippen LogP contribution is 2.27. The molecular weight excluding hydrogens is 254 g/mol. The number of methoxy groups -OCH3 is 1. The zero-order valence-corrected chi connectivity index (χ0v) is 11.5. The van der Waals surface area contributed by atoms with Crippen molar-refractivity contribution in [2.45, 2.75) is 5.92 Å². The van der Waals surface area contributed by atoms with E-state index in [-0.39, 0.29) is 11.7 Å². The van der Waals surface area contributed by atoms with E-state index in [2.05, 4.69) is 0 Å². The Morgan fingerprint density at radius 1 is 1.05 bits per heavy atom. The van der Waals surface area contributed by atoms with Gasteiger partial charge in [0.1, 0.15) is 5.75 Å². The van der Waals surface area contributed by atoms with Gasteiger partial charge in [0.15, 0.2) is 11.5 Å². The highest BCUT2D eigenvalue weighted by Gasteiger charge is 2.12. The molecule has 0 aliphatic carbocycles. The Balaban J connectivity index is 2.05. The Labute approximate surface area is 118 Å². The van der Waals surface area contributed by atoms with Crippen molar-refractivity contribution >= 4 is 0 Å². The van der Waals surface area contributed by atoms with Crippen LogP contribution in [0.4, 0.5) is 0 Å². The van der Waals surface area contributed by atoms with Gasteiger partial charge in [-0.15, -0.1) is 0 Å². The molecule has 4 nitrogen and oxygen atoms in total. The van der Waals surface area contributed by atoms with Crippen LogP contribution < -0.4 is 15.2 Å². The molecule has 0 bridgehead atoms. The first-order valence-corrected chi connectivity index (χ1v) is 6.49. The van der Waals surface area contributed by atoms with Gasteiger partial charge >= 0.3 is 0 Å². The monoisotopic (exact) mass is 273 g/mol. The molecule has 2 rings (SSSR count). The van der Waals surface area contributed by atoms with Crippen molar-refractivity contribution in [2.24, 2.45) is 5.73 Å². The van der Waals surface area contributed by atoms with Crippen molar-refractivity contribution in [2.75, 3.05) is 20.3 Å². The molecule has 0 heterocycles. The predicted molar refractivity (Wildman–Crippen MR) is 78.4 cm³/mol. The van der Waals surface area contributed by atoms with Crippen LogP contribution in [0.1, 0.15) is 11.5 Å². The maximum atomic E-state index is 9.31. The van der Waals surface area contributed by atoms with Crippen molar-refractivity contribution in [1.29, 1.82) is 0 Å². The van der Waals surface area contributed by atoms with Gasteiger partial charge in [0.2, 0.25) is 0 Å². The largest absolute Gasteiger partial charge is 0.508 e. The van der Waals surface area contributed by atoms with Crippen LogP contribution in [-0.2, 0) is 0 Å². The van der Waals surface area contributed by atoms with Crippen LogP contribution in [0.25, 0.3) is 0 Å². The van der Waals surface area contributed by atoms with Crippen LogP contribution in [0.15, 0.2) is 48.5 Å². The number of para-hydroxylation sites is 2. The summed E-state index contributed by atoms with van der Waals surface area (Å²) in [5.74, 6) is 1.72. The number of ether oxygens (including phenoxy) is 2. The molecule has 0 saturated heterocycles. The molecule has 0 aliphatic rings. The fraction of sp³-hybridized carbons (Fsp3) is 0.250. The molecule has 4 heteroatoms. The first kappa shape index (κ1) is 14.2. The molecular formula is C16H19NO3. The smallest absolute Gasteiger partial charge is 0.161 e. The van der Waals surface area contributed by atoms with Gasteiger partial charge in [0.25, 0.3) is 0 Å². The van der Waals surface area contributed by atoms with E-state index in [4.69, 9.17) is 15.2 Å². The van der Waals surface area contributed by atoms with E-state index < -0.39 is 0 Å². The Morgan fingerprint density at radius 3 is 2.30 bits per heavy atom. The summed E-state index contributed by atoms with van der Waals surface area (Å²) in [6, 6.07) is 14.5. The molecule has 2 aromatic rings. The van der Waals surface area contributed by atoms with Crippen molar-refractivity contribution in [3.8, 4) is 17.2 Å². The number of benzene rings is 2. The van der Waals surface area contributed by atoms with E-state index in [1.165, 1.54) is 0 Å². The van der Waals surface area contributed by atoms with Crippen molar-refractivity contribution in [3.63, 3.8) is 0 Å². The number of hydrogen-bond donors (Lipinski definition) is 2. The summed E-state index contributed by atoms with van der Waals surface area (Å²) in [6.45, 7) is 0.932. The van der Waals surface area contributed by atoms with Crippen LogP contribution in [0, 0.1) is 0 Å². The summed E-state index contributed by atoms with van der Waals surface area (Å²) >= 11 is 0. The van der Waals surface area contributed by atoms with Crippen molar-refractivity contribution < 1.29 is 14.6 Å². The summed E-state index contributed by atoms with van der Waals surface area (Å²) in [6.07, 6.45) is 0. The zero-order chi connectivity index (χ0) is 14.4. The van der Waals surface area contributed by atoms with Crippen molar-refractivity contribution in [1.82, 2.24) is 0 Å². The number of hydrogen-bond acceptors (Lipinski definition) is 4. The van der Waals surface area contributed by atoms with E-state index in [9.17, 15) is 5.11 Å². The van der Waals surface area contributed by atoms with Crippen LogP contribution >= 0.6 is 0 Å². The summed E-state index contributed by atoms with van der Waals surface area (Å²) < 4.78 is 11.0. The highest BCUT2D eigenvalue weighted by molar-refractivity contribution is 5.39. The molecule has 0 fully saturated rings. The average molecular weight is 273 g/mol. The second-order valence-electron chi connectivity index (χ2n) is 4.49. The van der Waals surface area contributed by atoms with Gasteiger partial charge in [0, 0.05) is 12.5 Å². The number of phenols is 1. The molecule has 0 amide bonds. The van der Waals surface area contributed by atoms with E-state index >= 15 is 0 Å². The lowest BCUT2D eigenvalue weighted by atomic mass is 10.0. The summed E-state index contributed by atoms with van der Waals surface area (Å²) in [4.78, 5) is 0. The first-order chi connectivity index (χ1) is 9.74. The summed E-state index contributed by atoms with van der Waals surface area (Å²) in [7, 11) is 1.61. The molecule has 1 unspecified atom stereocenters. The van der Waals surface area contributed by atoms with Gasteiger partial charge < -0.3 is 20.3 Å². The predicted octanol–water partition coefficient (Wildman–Crippen LogP) is 2.52. The number of nitrogens with two attached hydrogens (primary N) is 1. The fourth-order valence-electron chi connectivity index (χ4n) is 1.98. The molecule has 20 heavy (non-hydrogen) atoms. The second-order valence-corrected chi connectivity index (χ2v) is 4.49. The minimum Gasteiger partial charge on any atom is -0.508 e. The molecule has 1 atom stereocenters. The second kappa shape index (κ2) is 6.82. The SMILES string of the molecule is COc1ccccc1OCC(CN)c1ccc(O)cc1. The molecule has 0 saturated carbocycles. The van der Waals surface area contributed by atoms with Crippen LogP contribution in [0.3, 0.4) is 0 Å². The lowest BCUT2D eigenvalue weighted by Gasteiger charge is -2.17. The number of aromatic hydroxyl groups is 1. The Morgan fingerprint density at radius 2 is 1.70 bits per heavy atom. The maximum Gasteiger partial charge on any atom is 0.161 e.